The zero-order valence-electron chi connectivity index (χ0n) is 15.7. The fraction of sp³-hybridized carbons (Fsp3) is 0.474. The molecule has 0 radical (unpaired) electrons. The molecule has 6 nitrogen and oxygen atoms in total. The molecule has 0 unspecified atom stereocenters. The number of carbonyl (C=O) groups is 1. The molecule has 2 heterocycles. The number of rotatable bonds is 5. The highest BCUT2D eigenvalue weighted by atomic mass is 32.1. The van der Waals surface area contributed by atoms with Gasteiger partial charge in [-0.2, -0.15) is 0 Å². The Balaban J connectivity index is 1.58. The number of aromatic nitrogens is 1. The highest BCUT2D eigenvalue weighted by Crippen LogP contribution is 2.20. The first-order valence-corrected chi connectivity index (χ1v) is 9.69. The number of nitrogens with zero attached hydrogens (tertiary/aromatic N) is 3. The van der Waals surface area contributed by atoms with Crippen LogP contribution in [0.3, 0.4) is 0 Å². The van der Waals surface area contributed by atoms with E-state index in [0.717, 1.165) is 31.0 Å². The third-order valence-corrected chi connectivity index (χ3v) is 5.11. The summed E-state index contributed by atoms with van der Waals surface area (Å²) < 4.78 is 5.76. The standard InChI is InChI=1S/C19H26N4O2S/c1-13-9-23(10-14(2)25-13)11-16-12-26-19(20-16)21-18(24)15-5-7-17(8-6-15)22(3)4/h5-8,12-14H,9-11H2,1-4H3,(H,20,21,24)/t13-,14-/m0/s1. The van der Waals surface area contributed by atoms with Gasteiger partial charge in [-0.1, -0.05) is 0 Å². The van der Waals surface area contributed by atoms with E-state index in [-0.39, 0.29) is 18.1 Å². The van der Waals surface area contributed by atoms with Crippen molar-refractivity contribution in [2.24, 2.45) is 0 Å². The zero-order valence-corrected chi connectivity index (χ0v) is 16.5. The first kappa shape index (κ1) is 18.8. The van der Waals surface area contributed by atoms with Gasteiger partial charge in [0.1, 0.15) is 0 Å². The lowest BCUT2D eigenvalue weighted by Crippen LogP contribution is -2.44. The second-order valence-electron chi connectivity index (χ2n) is 6.99. The summed E-state index contributed by atoms with van der Waals surface area (Å²) in [7, 11) is 3.95. The van der Waals surface area contributed by atoms with Gasteiger partial charge in [-0.15, -0.1) is 11.3 Å². The Labute approximate surface area is 158 Å². The van der Waals surface area contributed by atoms with E-state index in [1.54, 1.807) is 0 Å². The molecular formula is C19H26N4O2S. The Kier molecular flexibility index (Phi) is 5.90. The number of hydrogen-bond donors (Lipinski definition) is 1. The summed E-state index contributed by atoms with van der Waals surface area (Å²) in [6.07, 6.45) is 0.475. The van der Waals surface area contributed by atoms with Crippen LogP contribution in [0.1, 0.15) is 29.9 Å². The molecule has 0 spiro atoms. The van der Waals surface area contributed by atoms with Crippen LogP contribution in [-0.2, 0) is 11.3 Å². The lowest BCUT2D eigenvalue weighted by atomic mass is 10.2. The van der Waals surface area contributed by atoms with Gasteiger partial charge in [0.2, 0.25) is 0 Å². The minimum absolute atomic E-state index is 0.134. The average molecular weight is 375 g/mol. The first-order chi connectivity index (χ1) is 12.4. The fourth-order valence-corrected chi connectivity index (χ4v) is 3.86. The van der Waals surface area contributed by atoms with Gasteiger partial charge < -0.3 is 9.64 Å². The smallest absolute Gasteiger partial charge is 0.257 e. The largest absolute Gasteiger partial charge is 0.378 e. The molecule has 26 heavy (non-hydrogen) atoms. The number of thiazole rings is 1. The molecule has 1 aromatic heterocycles. The summed E-state index contributed by atoms with van der Waals surface area (Å²) in [5.74, 6) is -0.134. The molecule has 3 rings (SSSR count). The van der Waals surface area contributed by atoms with Crippen molar-refractivity contribution in [3.05, 3.63) is 40.9 Å². The molecule has 7 heteroatoms. The third-order valence-electron chi connectivity index (χ3n) is 4.30. The SMILES string of the molecule is C[C@H]1CN(Cc2csc(NC(=O)c3ccc(N(C)C)cc3)n2)C[C@H](C)O1. The van der Waals surface area contributed by atoms with Crippen LogP contribution in [0.2, 0.25) is 0 Å². The Hall–Kier alpha value is -1.96. The van der Waals surface area contributed by atoms with E-state index in [9.17, 15) is 4.79 Å². The Morgan fingerprint density at radius 3 is 2.54 bits per heavy atom. The molecule has 0 aliphatic carbocycles. The van der Waals surface area contributed by atoms with Gasteiger partial charge in [-0.05, 0) is 38.1 Å². The summed E-state index contributed by atoms with van der Waals surface area (Å²) in [6.45, 7) is 6.78. The molecule has 1 amide bonds. The number of amides is 1. The van der Waals surface area contributed by atoms with Crippen LogP contribution in [0.5, 0.6) is 0 Å². The predicted molar refractivity (Wildman–Crippen MR) is 106 cm³/mol. The average Bonchev–Trinajstić information content (AvgIpc) is 3.00. The molecule has 140 valence electrons. The number of morpholine rings is 1. The molecule has 1 aliphatic rings. The topological polar surface area (TPSA) is 57.7 Å². The van der Waals surface area contributed by atoms with Crippen molar-refractivity contribution in [3.8, 4) is 0 Å². The van der Waals surface area contributed by atoms with Gasteiger partial charge in [0.05, 0.1) is 17.9 Å². The first-order valence-electron chi connectivity index (χ1n) is 8.81. The van der Waals surface area contributed by atoms with E-state index >= 15 is 0 Å². The monoisotopic (exact) mass is 374 g/mol. The molecule has 1 saturated heterocycles. The number of benzene rings is 1. The van der Waals surface area contributed by atoms with E-state index in [1.165, 1.54) is 11.3 Å². The van der Waals surface area contributed by atoms with Crippen molar-refractivity contribution in [2.75, 3.05) is 37.4 Å². The predicted octanol–water partition coefficient (Wildman–Crippen LogP) is 3.07. The Bertz CT molecular complexity index is 734. The number of ether oxygens (including phenoxy) is 1. The van der Waals surface area contributed by atoms with Crippen molar-refractivity contribution in [1.29, 1.82) is 0 Å². The summed E-state index contributed by atoms with van der Waals surface area (Å²) in [6, 6.07) is 7.53. The van der Waals surface area contributed by atoms with E-state index in [2.05, 4.69) is 29.0 Å². The highest BCUT2D eigenvalue weighted by molar-refractivity contribution is 7.13. The van der Waals surface area contributed by atoms with Gasteiger partial charge in [0.25, 0.3) is 5.91 Å². The normalized spacial score (nSPS) is 20.8. The molecule has 0 bridgehead atoms. The van der Waals surface area contributed by atoms with Crippen LogP contribution in [0.25, 0.3) is 0 Å². The van der Waals surface area contributed by atoms with E-state index in [0.29, 0.717) is 10.7 Å². The van der Waals surface area contributed by atoms with E-state index < -0.39 is 0 Å². The van der Waals surface area contributed by atoms with Crippen molar-refractivity contribution in [2.45, 2.75) is 32.6 Å². The van der Waals surface area contributed by atoms with Crippen LogP contribution in [0.4, 0.5) is 10.8 Å². The van der Waals surface area contributed by atoms with Gasteiger partial charge in [0, 0.05) is 50.4 Å². The van der Waals surface area contributed by atoms with Crippen molar-refractivity contribution >= 4 is 28.1 Å². The van der Waals surface area contributed by atoms with Crippen LogP contribution in [0.15, 0.2) is 29.6 Å². The Morgan fingerprint density at radius 1 is 1.27 bits per heavy atom. The van der Waals surface area contributed by atoms with Crippen molar-refractivity contribution in [3.63, 3.8) is 0 Å². The Morgan fingerprint density at radius 2 is 1.92 bits per heavy atom. The van der Waals surface area contributed by atoms with Gasteiger partial charge >= 0.3 is 0 Å². The van der Waals surface area contributed by atoms with Crippen LogP contribution >= 0.6 is 11.3 Å². The summed E-state index contributed by atoms with van der Waals surface area (Å²) in [4.78, 5) is 21.3. The second kappa shape index (κ2) is 8.16. The quantitative estimate of drug-likeness (QED) is 0.872. The summed E-state index contributed by atoms with van der Waals surface area (Å²) >= 11 is 1.46. The summed E-state index contributed by atoms with van der Waals surface area (Å²) in [5.41, 5.74) is 2.67. The van der Waals surface area contributed by atoms with E-state index in [1.807, 2.05) is 48.6 Å². The zero-order chi connectivity index (χ0) is 18.7. The molecule has 1 aromatic carbocycles. The van der Waals surface area contributed by atoms with Gasteiger partial charge in [-0.3, -0.25) is 15.0 Å². The minimum Gasteiger partial charge on any atom is -0.378 e. The van der Waals surface area contributed by atoms with Gasteiger partial charge in [0.15, 0.2) is 5.13 Å². The minimum atomic E-state index is -0.134. The summed E-state index contributed by atoms with van der Waals surface area (Å²) in [5, 5.41) is 5.54. The molecule has 1 aliphatic heterocycles. The fourth-order valence-electron chi connectivity index (χ4n) is 3.16. The highest BCUT2D eigenvalue weighted by Gasteiger charge is 2.22. The van der Waals surface area contributed by atoms with Crippen LogP contribution in [0, 0.1) is 0 Å². The molecule has 2 aromatic rings. The van der Waals surface area contributed by atoms with Crippen molar-refractivity contribution < 1.29 is 9.53 Å². The van der Waals surface area contributed by atoms with Gasteiger partial charge in [-0.25, -0.2) is 4.98 Å². The molecule has 2 atom stereocenters. The molecule has 1 fully saturated rings. The molecular weight excluding hydrogens is 348 g/mol. The van der Waals surface area contributed by atoms with E-state index in [4.69, 9.17) is 4.74 Å². The number of anilines is 2. The lowest BCUT2D eigenvalue weighted by Gasteiger charge is -2.34. The number of nitrogens with one attached hydrogen (secondary N) is 1. The van der Waals surface area contributed by atoms with Crippen molar-refractivity contribution in [1.82, 2.24) is 9.88 Å². The second-order valence-corrected chi connectivity index (χ2v) is 7.85. The molecule has 0 saturated carbocycles. The van der Waals surface area contributed by atoms with Crippen LogP contribution in [-0.4, -0.2) is 55.2 Å². The maximum atomic E-state index is 12.4. The number of hydrogen-bond acceptors (Lipinski definition) is 6. The maximum Gasteiger partial charge on any atom is 0.257 e. The third kappa shape index (κ3) is 4.81. The van der Waals surface area contributed by atoms with Crippen LogP contribution < -0.4 is 10.2 Å². The molecule has 1 N–H and O–H groups in total. The number of carbonyl (C=O) groups excluding carboxylic acids is 1. The maximum absolute atomic E-state index is 12.4. The lowest BCUT2D eigenvalue weighted by molar-refractivity contribution is -0.0707.